The maximum absolute atomic E-state index is 13.2. The Bertz CT molecular complexity index is 904. The molecule has 0 saturated heterocycles. The molecule has 0 amide bonds. The number of benzene rings is 1. The van der Waals surface area contributed by atoms with Gasteiger partial charge in [-0.1, -0.05) is 57.2 Å². The first kappa shape index (κ1) is 21.3. The quantitative estimate of drug-likeness (QED) is 0.438. The summed E-state index contributed by atoms with van der Waals surface area (Å²) in [7, 11) is 0. The molecule has 2 aromatic rings. The molecule has 0 spiro atoms. The van der Waals surface area contributed by atoms with E-state index in [1.165, 1.54) is 37.0 Å². The lowest BCUT2D eigenvalue weighted by Gasteiger charge is -2.41. The van der Waals surface area contributed by atoms with Gasteiger partial charge in [-0.3, -0.25) is 4.68 Å². The average molecular weight is 413 g/mol. The van der Waals surface area contributed by atoms with Crippen LogP contribution in [0.1, 0.15) is 75.6 Å². The van der Waals surface area contributed by atoms with E-state index in [1.54, 1.807) is 12.1 Å². The Labute approximate surface area is 178 Å². The van der Waals surface area contributed by atoms with E-state index in [-0.39, 0.29) is 5.82 Å². The molecule has 0 bridgehead atoms. The minimum atomic E-state index is -1.11. The van der Waals surface area contributed by atoms with Gasteiger partial charge in [-0.15, -0.1) is 0 Å². The second-order valence-corrected chi connectivity index (χ2v) is 9.06. The van der Waals surface area contributed by atoms with E-state index < -0.39 is 11.2 Å². The Hall–Kier alpha value is -1.98. The minimum Gasteiger partial charge on any atom is -0.365 e. The number of unbranched alkanes of at least 4 members (excludes halogenated alkanes) is 4. The van der Waals surface area contributed by atoms with Crippen molar-refractivity contribution in [1.82, 2.24) is 9.78 Å². The number of fused-ring (bicyclic) bond motifs is 2. The van der Waals surface area contributed by atoms with Crippen molar-refractivity contribution in [3.8, 4) is 0 Å². The summed E-state index contributed by atoms with van der Waals surface area (Å²) in [6.45, 7) is 5.56. The lowest BCUT2D eigenvalue weighted by atomic mass is 9.72. The number of aliphatic hydroxyl groups is 1. The monoisotopic (exact) mass is 412 g/mol. The van der Waals surface area contributed by atoms with Gasteiger partial charge >= 0.3 is 0 Å². The third-order valence-corrected chi connectivity index (χ3v) is 6.95. The highest BCUT2D eigenvalue weighted by atomic mass is 19.1. The number of hydrogen-bond acceptors (Lipinski definition) is 3. The number of aromatic nitrogens is 2. The van der Waals surface area contributed by atoms with E-state index >= 15 is 0 Å². The highest BCUT2D eigenvalue weighted by molar-refractivity contribution is 5.60. The fourth-order valence-corrected chi connectivity index (χ4v) is 4.94. The largest absolute Gasteiger partial charge is 0.365 e. The van der Waals surface area contributed by atoms with Gasteiger partial charge in [0.15, 0.2) is 5.79 Å². The highest BCUT2D eigenvalue weighted by Crippen LogP contribution is 2.55. The molecule has 4 nitrogen and oxygen atoms in total. The van der Waals surface area contributed by atoms with E-state index in [0.29, 0.717) is 19.6 Å². The fourth-order valence-electron chi connectivity index (χ4n) is 4.94. The molecule has 1 fully saturated rings. The van der Waals surface area contributed by atoms with Gasteiger partial charge in [0.05, 0.1) is 25.0 Å². The molecule has 2 aliphatic carbocycles. The van der Waals surface area contributed by atoms with Gasteiger partial charge in [0, 0.05) is 11.8 Å². The lowest BCUT2D eigenvalue weighted by Crippen LogP contribution is -2.47. The zero-order chi connectivity index (χ0) is 21.2. The van der Waals surface area contributed by atoms with Crippen molar-refractivity contribution in [3.63, 3.8) is 0 Å². The predicted molar refractivity (Wildman–Crippen MR) is 116 cm³/mol. The molecule has 1 saturated carbocycles. The molecule has 1 heterocycles. The van der Waals surface area contributed by atoms with Crippen molar-refractivity contribution in [3.05, 3.63) is 58.7 Å². The topological polar surface area (TPSA) is 47.3 Å². The third kappa shape index (κ3) is 3.97. The van der Waals surface area contributed by atoms with Gasteiger partial charge < -0.3 is 9.84 Å². The lowest BCUT2D eigenvalue weighted by molar-refractivity contribution is -0.249. The fraction of sp³-hybridized carbons (Fsp3) is 0.560. The van der Waals surface area contributed by atoms with Crippen LogP contribution in [0, 0.1) is 11.2 Å². The molecule has 30 heavy (non-hydrogen) atoms. The third-order valence-electron chi connectivity index (χ3n) is 6.95. The summed E-state index contributed by atoms with van der Waals surface area (Å²) in [6, 6.07) is 6.56. The molecule has 5 heteroatoms. The van der Waals surface area contributed by atoms with E-state index in [2.05, 4.69) is 25.0 Å². The van der Waals surface area contributed by atoms with Crippen LogP contribution >= 0.6 is 0 Å². The predicted octanol–water partition coefficient (Wildman–Crippen LogP) is 5.49. The highest BCUT2D eigenvalue weighted by Gasteiger charge is 2.56. The number of hydrogen-bond donors (Lipinski definition) is 1. The van der Waals surface area contributed by atoms with Gasteiger partial charge in [0.2, 0.25) is 0 Å². The van der Waals surface area contributed by atoms with Crippen molar-refractivity contribution in [2.45, 2.75) is 77.5 Å². The van der Waals surface area contributed by atoms with E-state index in [4.69, 9.17) is 4.74 Å². The zero-order valence-corrected chi connectivity index (χ0v) is 18.2. The standard InChI is InChI=1S/C25H33FN2O2/c1-3-4-5-6-7-14-30-25(29)13-12-21-15-23-20(16-24(21,25)2)17-27-28(23)18-19-8-10-22(26)11-9-19/h8-11,15,17,29H,3-7,12-14,16,18H2,1-2H3. The van der Waals surface area contributed by atoms with Crippen LogP contribution in [-0.4, -0.2) is 27.3 Å². The van der Waals surface area contributed by atoms with Crippen molar-refractivity contribution in [2.75, 3.05) is 6.61 Å². The van der Waals surface area contributed by atoms with Crippen LogP contribution in [0.15, 0.2) is 36.0 Å². The van der Waals surface area contributed by atoms with Crippen molar-refractivity contribution in [1.29, 1.82) is 0 Å². The van der Waals surface area contributed by atoms with Crippen molar-refractivity contribution in [2.24, 2.45) is 5.41 Å². The summed E-state index contributed by atoms with van der Waals surface area (Å²) < 4.78 is 21.3. The van der Waals surface area contributed by atoms with Crippen LogP contribution in [0.3, 0.4) is 0 Å². The Kier molecular flexibility index (Phi) is 6.12. The molecule has 1 aromatic heterocycles. The Balaban J connectivity index is 1.46. The van der Waals surface area contributed by atoms with E-state index in [9.17, 15) is 9.50 Å². The summed E-state index contributed by atoms with van der Waals surface area (Å²) in [6.07, 6.45) is 12.2. The minimum absolute atomic E-state index is 0.227. The first-order valence-corrected chi connectivity index (χ1v) is 11.3. The van der Waals surface area contributed by atoms with E-state index in [1.807, 2.05) is 10.9 Å². The van der Waals surface area contributed by atoms with Gasteiger partial charge in [-0.2, -0.15) is 5.10 Å². The van der Waals surface area contributed by atoms with Gasteiger partial charge in [0.1, 0.15) is 5.82 Å². The van der Waals surface area contributed by atoms with Crippen LogP contribution in [0.25, 0.3) is 6.08 Å². The number of nitrogens with zero attached hydrogens (tertiary/aromatic N) is 2. The average Bonchev–Trinajstić information content (AvgIpc) is 3.22. The number of ether oxygens (including phenoxy) is 1. The smallest absolute Gasteiger partial charge is 0.175 e. The van der Waals surface area contributed by atoms with Crippen LogP contribution in [-0.2, 0) is 17.7 Å². The van der Waals surface area contributed by atoms with Crippen molar-refractivity contribution < 1.29 is 14.2 Å². The van der Waals surface area contributed by atoms with Crippen LogP contribution in [0.4, 0.5) is 4.39 Å². The molecule has 2 atom stereocenters. The SMILES string of the molecule is CCCCCCCOC1(O)CCC2=Cc3c(cnn3Cc3ccc(F)cc3)CC21C. The zero-order valence-electron chi connectivity index (χ0n) is 18.2. The Morgan fingerprint density at radius 1 is 1.17 bits per heavy atom. The maximum Gasteiger partial charge on any atom is 0.175 e. The number of rotatable bonds is 9. The first-order valence-electron chi connectivity index (χ1n) is 11.3. The molecule has 1 aromatic carbocycles. The van der Waals surface area contributed by atoms with Gasteiger partial charge in [-0.25, -0.2) is 4.39 Å². The molecule has 0 aliphatic heterocycles. The summed E-state index contributed by atoms with van der Waals surface area (Å²) >= 11 is 0. The second kappa shape index (κ2) is 8.64. The normalized spacial score (nSPS) is 25.1. The van der Waals surface area contributed by atoms with Crippen LogP contribution < -0.4 is 0 Å². The molecule has 0 radical (unpaired) electrons. The van der Waals surface area contributed by atoms with Gasteiger partial charge in [-0.05, 0) is 48.6 Å². The summed E-state index contributed by atoms with van der Waals surface area (Å²) in [5.41, 5.74) is 4.08. The summed E-state index contributed by atoms with van der Waals surface area (Å²) in [4.78, 5) is 0. The van der Waals surface area contributed by atoms with Crippen molar-refractivity contribution >= 4 is 6.08 Å². The molecule has 1 N–H and O–H groups in total. The first-order chi connectivity index (χ1) is 14.4. The molecule has 4 rings (SSSR count). The number of halogens is 1. The van der Waals surface area contributed by atoms with Crippen LogP contribution in [0.5, 0.6) is 0 Å². The molecular formula is C25H33FN2O2. The van der Waals surface area contributed by atoms with E-state index in [0.717, 1.165) is 42.5 Å². The molecular weight excluding hydrogens is 379 g/mol. The second-order valence-electron chi connectivity index (χ2n) is 9.06. The van der Waals surface area contributed by atoms with Gasteiger partial charge in [0.25, 0.3) is 0 Å². The Morgan fingerprint density at radius 2 is 1.93 bits per heavy atom. The molecule has 162 valence electrons. The van der Waals surface area contributed by atoms with Crippen LogP contribution in [0.2, 0.25) is 0 Å². The Morgan fingerprint density at radius 3 is 2.70 bits per heavy atom. The maximum atomic E-state index is 13.2. The molecule has 2 aliphatic rings. The summed E-state index contributed by atoms with van der Waals surface area (Å²) in [5.74, 6) is -1.34. The molecule has 2 unspecified atom stereocenters. The summed E-state index contributed by atoms with van der Waals surface area (Å²) in [5, 5.41) is 16.0.